The van der Waals surface area contributed by atoms with Gasteiger partial charge in [-0.1, -0.05) is 12.1 Å². The zero-order valence-corrected chi connectivity index (χ0v) is 8.04. The van der Waals surface area contributed by atoms with E-state index in [1.54, 1.807) is 6.07 Å². The second kappa shape index (κ2) is 3.61. The quantitative estimate of drug-likeness (QED) is 0.650. The molecular formula is C10H11N3O2. The maximum atomic E-state index is 11.0. The van der Waals surface area contributed by atoms with E-state index in [-0.39, 0.29) is 18.4 Å². The molecule has 0 unspecified atom stereocenters. The molecule has 5 heteroatoms. The van der Waals surface area contributed by atoms with Crippen LogP contribution in [0.3, 0.4) is 0 Å². The summed E-state index contributed by atoms with van der Waals surface area (Å²) in [5.41, 5.74) is 7.65. The molecule has 0 spiro atoms. The zero-order chi connectivity index (χ0) is 10.8. The molecule has 2 rings (SSSR count). The number of urea groups is 1. The summed E-state index contributed by atoms with van der Waals surface area (Å²) in [7, 11) is 0. The summed E-state index contributed by atoms with van der Waals surface area (Å²) in [6.07, 6.45) is 0.191. The molecule has 0 aromatic heterocycles. The van der Waals surface area contributed by atoms with Gasteiger partial charge in [0, 0.05) is 12.2 Å². The van der Waals surface area contributed by atoms with E-state index >= 15 is 0 Å². The van der Waals surface area contributed by atoms with Gasteiger partial charge in [-0.25, -0.2) is 4.79 Å². The van der Waals surface area contributed by atoms with Gasteiger partial charge in [0.05, 0.1) is 6.42 Å². The van der Waals surface area contributed by atoms with Gasteiger partial charge in [0.25, 0.3) is 0 Å². The van der Waals surface area contributed by atoms with Crippen LogP contribution in [0.15, 0.2) is 18.2 Å². The average Bonchev–Trinajstić information content (AvgIpc) is 2.16. The van der Waals surface area contributed by atoms with Crippen LogP contribution in [0.1, 0.15) is 11.1 Å². The molecular weight excluding hydrogens is 194 g/mol. The molecule has 4 N–H and O–H groups in total. The average molecular weight is 205 g/mol. The van der Waals surface area contributed by atoms with Gasteiger partial charge in [0.1, 0.15) is 0 Å². The SMILES string of the molecule is NC(=O)Cc1ccc2c(c1)NC(=O)NC2. The van der Waals surface area contributed by atoms with Crippen molar-refractivity contribution in [2.75, 3.05) is 5.32 Å². The number of hydrogen-bond acceptors (Lipinski definition) is 2. The van der Waals surface area contributed by atoms with Crippen LogP contribution < -0.4 is 16.4 Å². The standard InChI is InChI=1S/C10H11N3O2/c11-9(14)4-6-1-2-7-5-12-10(15)13-8(7)3-6/h1-3H,4-5H2,(H2,11,14)(H2,12,13,15). The van der Waals surface area contributed by atoms with Crippen LogP contribution in [0, 0.1) is 0 Å². The van der Waals surface area contributed by atoms with Crippen LogP contribution in [0.4, 0.5) is 10.5 Å². The number of anilines is 1. The van der Waals surface area contributed by atoms with Gasteiger partial charge in [-0.3, -0.25) is 4.79 Å². The Labute approximate surface area is 86.6 Å². The van der Waals surface area contributed by atoms with Crippen molar-refractivity contribution in [2.24, 2.45) is 5.73 Å². The molecule has 0 saturated carbocycles. The Morgan fingerprint density at radius 2 is 2.27 bits per heavy atom. The highest BCUT2D eigenvalue weighted by Gasteiger charge is 2.13. The Balaban J connectivity index is 2.28. The summed E-state index contributed by atoms with van der Waals surface area (Å²) in [6.45, 7) is 0.512. The first kappa shape index (κ1) is 9.51. The van der Waals surface area contributed by atoms with Crippen LogP contribution >= 0.6 is 0 Å². The molecule has 1 aromatic rings. The first-order valence-electron chi connectivity index (χ1n) is 4.60. The molecule has 1 aliphatic heterocycles. The molecule has 0 saturated heterocycles. The summed E-state index contributed by atoms with van der Waals surface area (Å²) in [4.78, 5) is 21.8. The molecule has 0 radical (unpaired) electrons. The number of nitrogens with two attached hydrogens (primary N) is 1. The number of carbonyl (C=O) groups is 2. The number of amides is 3. The third kappa shape index (κ3) is 2.07. The number of hydrogen-bond donors (Lipinski definition) is 3. The van der Waals surface area contributed by atoms with Gasteiger partial charge in [0.15, 0.2) is 0 Å². The number of benzene rings is 1. The van der Waals surface area contributed by atoms with Gasteiger partial charge in [-0.05, 0) is 17.2 Å². The highest BCUT2D eigenvalue weighted by Crippen LogP contribution is 2.20. The molecule has 1 aliphatic rings. The van der Waals surface area contributed by atoms with Crippen LogP contribution in [0.5, 0.6) is 0 Å². The van der Waals surface area contributed by atoms with E-state index in [1.807, 2.05) is 12.1 Å². The maximum Gasteiger partial charge on any atom is 0.319 e. The van der Waals surface area contributed by atoms with Crippen molar-refractivity contribution in [3.05, 3.63) is 29.3 Å². The van der Waals surface area contributed by atoms with Gasteiger partial charge < -0.3 is 16.4 Å². The predicted molar refractivity (Wildman–Crippen MR) is 55.2 cm³/mol. The molecule has 0 aliphatic carbocycles. The number of primary amides is 1. The Kier molecular flexibility index (Phi) is 2.29. The summed E-state index contributed by atoms with van der Waals surface area (Å²) >= 11 is 0. The Bertz CT molecular complexity index is 429. The van der Waals surface area contributed by atoms with Crippen molar-refractivity contribution in [2.45, 2.75) is 13.0 Å². The van der Waals surface area contributed by atoms with E-state index in [2.05, 4.69) is 10.6 Å². The van der Waals surface area contributed by atoms with Crippen LogP contribution in [-0.4, -0.2) is 11.9 Å². The first-order chi connectivity index (χ1) is 7.15. The lowest BCUT2D eigenvalue weighted by molar-refractivity contribution is -0.117. The minimum absolute atomic E-state index is 0.191. The van der Waals surface area contributed by atoms with E-state index in [1.165, 1.54) is 0 Å². The highest BCUT2D eigenvalue weighted by atomic mass is 16.2. The fourth-order valence-electron chi connectivity index (χ4n) is 1.55. The van der Waals surface area contributed by atoms with Gasteiger partial charge in [-0.15, -0.1) is 0 Å². The van der Waals surface area contributed by atoms with Gasteiger partial charge in [0.2, 0.25) is 5.91 Å². The number of rotatable bonds is 2. The molecule has 15 heavy (non-hydrogen) atoms. The van der Waals surface area contributed by atoms with Crippen LogP contribution in [0.2, 0.25) is 0 Å². The topological polar surface area (TPSA) is 84.2 Å². The summed E-state index contributed by atoms with van der Waals surface area (Å²) < 4.78 is 0. The summed E-state index contributed by atoms with van der Waals surface area (Å²) in [6, 6.07) is 5.26. The Morgan fingerprint density at radius 3 is 3.00 bits per heavy atom. The van der Waals surface area contributed by atoms with Crippen LogP contribution in [-0.2, 0) is 17.8 Å². The fraction of sp³-hybridized carbons (Fsp3) is 0.200. The highest BCUT2D eigenvalue weighted by molar-refractivity contribution is 5.92. The molecule has 1 aromatic carbocycles. The van der Waals surface area contributed by atoms with Crippen molar-refractivity contribution < 1.29 is 9.59 Å². The predicted octanol–water partition coefficient (Wildman–Crippen LogP) is 0.349. The largest absolute Gasteiger partial charge is 0.369 e. The van der Waals surface area contributed by atoms with E-state index < -0.39 is 0 Å². The zero-order valence-electron chi connectivity index (χ0n) is 8.04. The lowest BCUT2D eigenvalue weighted by Gasteiger charge is -2.18. The molecule has 78 valence electrons. The smallest absolute Gasteiger partial charge is 0.319 e. The Morgan fingerprint density at radius 1 is 1.47 bits per heavy atom. The Hall–Kier alpha value is -2.04. The summed E-state index contributed by atoms with van der Waals surface area (Å²) in [5, 5.41) is 5.33. The van der Waals surface area contributed by atoms with Crippen molar-refractivity contribution in [1.29, 1.82) is 0 Å². The third-order valence-corrected chi connectivity index (χ3v) is 2.24. The monoisotopic (exact) mass is 205 g/mol. The van der Waals surface area contributed by atoms with Crippen molar-refractivity contribution >= 4 is 17.6 Å². The number of fused-ring (bicyclic) bond motifs is 1. The van der Waals surface area contributed by atoms with E-state index in [4.69, 9.17) is 5.73 Å². The molecule has 0 atom stereocenters. The van der Waals surface area contributed by atoms with Crippen molar-refractivity contribution in [3.63, 3.8) is 0 Å². The van der Waals surface area contributed by atoms with Gasteiger partial charge in [-0.2, -0.15) is 0 Å². The minimum atomic E-state index is -0.379. The second-order valence-electron chi connectivity index (χ2n) is 3.44. The molecule has 0 fully saturated rings. The third-order valence-electron chi connectivity index (χ3n) is 2.24. The number of nitrogens with one attached hydrogen (secondary N) is 2. The maximum absolute atomic E-state index is 11.0. The molecule has 5 nitrogen and oxygen atoms in total. The lowest BCUT2D eigenvalue weighted by Crippen LogP contribution is -2.33. The van der Waals surface area contributed by atoms with Crippen molar-refractivity contribution in [1.82, 2.24) is 5.32 Å². The van der Waals surface area contributed by atoms with E-state index in [0.29, 0.717) is 6.54 Å². The number of carbonyl (C=O) groups excluding carboxylic acids is 2. The van der Waals surface area contributed by atoms with E-state index in [9.17, 15) is 9.59 Å². The first-order valence-corrected chi connectivity index (χ1v) is 4.60. The van der Waals surface area contributed by atoms with E-state index in [0.717, 1.165) is 16.8 Å². The van der Waals surface area contributed by atoms with Gasteiger partial charge >= 0.3 is 6.03 Å². The fourth-order valence-corrected chi connectivity index (χ4v) is 1.55. The molecule has 1 heterocycles. The van der Waals surface area contributed by atoms with Crippen LogP contribution in [0.25, 0.3) is 0 Å². The normalized spacial score (nSPS) is 13.7. The molecule has 0 bridgehead atoms. The van der Waals surface area contributed by atoms with Crippen molar-refractivity contribution in [3.8, 4) is 0 Å². The summed E-state index contributed by atoms with van der Waals surface area (Å²) in [5.74, 6) is -0.379. The minimum Gasteiger partial charge on any atom is -0.369 e. The lowest BCUT2D eigenvalue weighted by atomic mass is 10.1. The molecule has 3 amide bonds. The second-order valence-corrected chi connectivity index (χ2v) is 3.44.